The molecule has 0 unspecified atom stereocenters. The Hall–Kier alpha value is -0.730. The van der Waals surface area contributed by atoms with Crippen LogP contribution in [0, 0.1) is 3.57 Å². The average Bonchev–Trinajstić information content (AvgIpc) is 2.46. The molecule has 0 saturated carbocycles. The fourth-order valence-electron chi connectivity index (χ4n) is 1.84. The molecular formula is C15H21IN2O2S. The van der Waals surface area contributed by atoms with Crippen LogP contribution in [0.15, 0.2) is 24.3 Å². The highest BCUT2D eigenvalue weighted by Crippen LogP contribution is 2.08. The van der Waals surface area contributed by atoms with Crippen LogP contribution in [0.5, 0.6) is 0 Å². The zero-order valence-corrected chi connectivity index (χ0v) is 14.8. The Kier molecular flexibility index (Phi) is 8.79. The van der Waals surface area contributed by atoms with E-state index >= 15 is 0 Å². The summed E-state index contributed by atoms with van der Waals surface area (Å²) in [6.45, 7) is 0.776. The number of unbranched alkanes of at least 4 members (excludes halogenated alkanes) is 1. The van der Waals surface area contributed by atoms with Crippen molar-refractivity contribution in [2.75, 3.05) is 6.54 Å². The van der Waals surface area contributed by atoms with Gasteiger partial charge in [-0.15, -0.1) is 0 Å². The van der Waals surface area contributed by atoms with Crippen molar-refractivity contribution in [1.82, 2.24) is 5.32 Å². The smallest absolute Gasteiger partial charge is 0.320 e. The molecule has 0 saturated heterocycles. The molecule has 1 aromatic rings. The molecule has 1 aromatic carbocycles. The Morgan fingerprint density at radius 2 is 2.00 bits per heavy atom. The molecule has 0 aliphatic heterocycles. The second kappa shape index (κ2) is 10.1. The first-order chi connectivity index (χ1) is 9.99. The van der Waals surface area contributed by atoms with E-state index in [1.165, 1.54) is 9.13 Å². The van der Waals surface area contributed by atoms with E-state index in [0.717, 1.165) is 37.2 Å². The third-order valence-electron chi connectivity index (χ3n) is 3.14. The van der Waals surface area contributed by atoms with Crippen LogP contribution in [0.4, 0.5) is 0 Å². The second-order valence-electron chi connectivity index (χ2n) is 4.92. The summed E-state index contributed by atoms with van der Waals surface area (Å²) in [5, 5.41) is 11.9. The molecule has 0 amide bonds. The van der Waals surface area contributed by atoms with Crippen LogP contribution in [0.3, 0.4) is 0 Å². The Morgan fingerprint density at radius 1 is 1.33 bits per heavy atom. The number of carboxylic acids is 1. The molecule has 6 heteroatoms. The van der Waals surface area contributed by atoms with Gasteiger partial charge in [-0.3, -0.25) is 4.79 Å². The zero-order valence-electron chi connectivity index (χ0n) is 11.8. The first-order valence-electron chi connectivity index (χ1n) is 6.98. The number of benzene rings is 1. The first kappa shape index (κ1) is 18.3. The van der Waals surface area contributed by atoms with Crippen LogP contribution >= 0.6 is 34.8 Å². The molecule has 0 aliphatic rings. The van der Waals surface area contributed by atoms with Crippen molar-refractivity contribution in [1.29, 1.82) is 0 Å². The number of nitrogens with two attached hydrogens (primary N) is 1. The van der Waals surface area contributed by atoms with Crippen molar-refractivity contribution < 1.29 is 9.90 Å². The van der Waals surface area contributed by atoms with Crippen molar-refractivity contribution in [2.45, 2.75) is 38.1 Å². The fourth-order valence-corrected chi connectivity index (χ4v) is 2.40. The largest absolute Gasteiger partial charge is 0.480 e. The van der Waals surface area contributed by atoms with E-state index in [1.54, 1.807) is 0 Å². The summed E-state index contributed by atoms with van der Waals surface area (Å²) in [4.78, 5) is 11.4. The summed E-state index contributed by atoms with van der Waals surface area (Å²) in [6, 6.07) is 7.68. The number of carbonyl (C=O) groups is 1. The van der Waals surface area contributed by atoms with Crippen LogP contribution in [-0.2, 0) is 11.2 Å². The Bertz CT molecular complexity index is 465. The maximum atomic E-state index is 10.6. The minimum Gasteiger partial charge on any atom is -0.480 e. The van der Waals surface area contributed by atoms with Gasteiger partial charge in [0.05, 0.1) is 4.99 Å². The Morgan fingerprint density at radius 3 is 2.62 bits per heavy atom. The van der Waals surface area contributed by atoms with Gasteiger partial charge >= 0.3 is 5.97 Å². The number of thiocarbonyl (C=S) groups is 1. The monoisotopic (exact) mass is 420 g/mol. The summed E-state index contributed by atoms with van der Waals surface area (Å²) in [6.07, 6.45) is 3.95. The van der Waals surface area contributed by atoms with Crippen molar-refractivity contribution in [3.63, 3.8) is 0 Å². The molecule has 0 heterocycles. The van der Waals surface area contributed by atoms with Gasteiger partial charge in [0.25, 0.3) is 0 Å². The minimum atomic E-state index is -0.934. The van der Waals surface area contributed by atoms with Gasteiger partial charge in [0.2, 0.25) is 0 Å². The molecule has 1 atom stereocenters. The van der Waals surface area contributed by atoms with Crippen LogP contribution in [0.1, 0.15) is 31.2 Å². The molecule has 0 fully saturated rings. The van der Waals surface area contributed by atoms with Gasteiger partial charge < -0.3 is 16.2 Å². The van der Waals surface area contributed by atoms with Gasteiger partial charge in [0, 0.05) is 16.5 Å². The van der Waals surface area contributed by atoms with Crippen molar-refractivity contribution in [3.05, 3.63) is 33.4 Å². The number of aryl methyl sites for hydroxylation is 1. The van der Waals surface area contributed by atoms with Crippen LogP contribution < -0.4 is 11.1 Å². The Balaban J connectivity index is 2.09. The molecule has 0 spiro atoms. The predicted molar refractivity (Wildman–Crippen MR) is 97.5 cm³/mol. The number of hydrogen-bond acceptors (Lipinski definition) is 3. The topological polar surface area (TPSA) is 75.3 Å². The second-order valence-corrected chi connectivity index (χ2v) is 6.66. The summed E-state index contributed by atoms with van der Waals surface area (Å²) in [5.74, 6) is -0.934. The molecule has 0 aromatic heterocycles. The van der Waals surface area contributed by atoms with Crippen LogP contribution in [-0.4, -0.2) is 28.7 Å². The SMILES string of the molecule is N[C@@H](CCCCNC(=S)CCc1ccc(I)cc1)C(=O)O. The van der Waals surface area contributed by atoms with Gasteiger partial charge in [-0.1, -0.05) is 24.4 Å². The molecule has 4 N–H and O–H groups in total. The lowest BCUT2D eigenvalue weighted by Crippen LogP contribution is -2.30. The van der Waals surface area contributed by atoms with Crippen molar-refractivity contribution in [2.24, 2.45) is 5.73 Å². The van der Waals surface area contributed by atoms with Crippen LogP contribution in [0.2, 0.25) is 0 Å². The summed E-state index contributed by atoms with van der Waals surface area (Å²) < 4.78 is 1.23. The van der Waals surface area contributed by atoms with E-state index in [-0.39, 0.29) is 0 Å². The molecule has 0 aliphatic carbocycles. The molecule has 4 nitrogen and oxygen atoms in total. The number of rotatable bonds is 9. The third-order valence-corrected chi connectivity index (χ3v) is 4.20. The third kappa shape index (κ3) is 8.33. The molecule has 21 heavy (non-hydrogen) atoms. The number of carboxylic acid groups (broad SMARTS) is 1. The van der Waals surface area contributed by atoms with Gasteiger partial charge in [0.15, 0.2) is 0 Å². The van der Waals surface area contributed by atoms with Gasteiger partial charge in [-0.05, 0) is 66.0 Å². The molecule has 116 valence electrons. The zero-order chi connectivity index (χ0) is 15.7. The highest BCUT2D eigenvalue weighted by molar-refractivity contribution is 14.1. The van der Waals surface area contributed by atoms with E-state index in [4.69, 9.17) is 23.1 Å². The fraction of sp³-hybridized carbons (Fsp3) is 0.467. The first-order valence-corrected chi connectivity index (χ1v) is 8.47. The summed E-state index contributed by atoms with van der Waals surface area (Å²) in [7, 11) is 0. The Labute approximate surface area is 144 Å². The van der Waals surface area contributed by atoms with E-state index in [2.05, 4.69) is 52.2 Å². The molecule has 1 rings (SSSR count). The predicted octanol–water partition coefficient (Wildman–Crippen LogP) is 2.72. The van der Waals surface area contributed by atoms with Gasteiger partial charge in [0.1, 0.15) is 6.04 Å². The van der Waals surface area contributed by atoms with E-state index in [1.807, 2.05) is 0 Å². The maximum Gasteiger partial charge on any atom is 0.320 e. The lowest BCUT2D eigenvalue weighted by Gasteiger charge is -2.09. The summed E-state index contributed by atoms with van der Waals surface area (Å²) in [5.41, 5.74) is 6.72. The number of halogens is 1. The highest BCUT2D eigenvalue weighted by Gasteiger charge is 2.09. The van der Waals surface area contributed by atoms with E-state index in [0.29, 0.717) is 6.42 Å². The van der Waals surface area contributed by atoms with Gasteiger partial charge in [-0.2, -0.15) is 0 Å². The molecule has 0 bridgehead atoms. The minimum absolute atomic E-state index is 0.506. The van der Waals surface area contributed by atoms with E-state index in [9.17, 15) is 4.79 Å². The number of aliphatic carboxylic acids is 1. The lowest BCUT2D eigenvalue weighted by atomic mass is 10.1. The number of nitrogens with one attached hydrogen (secondary N) is 1. The average molecular weight is 420 g/mol. The summed E-state index contributed by atoms with van der Waals surface area (Å²) >= 11 is 7.58. The number of hydrogen-bond donors (Lipinski definition) is 3. The van der Waals surface area contributed by atoms with Crippen LogP contribution in [0.25, 0.3) is 0 Å². The standard InChI is InChI=1S/C15H21IN2O2S/c16-12-7-4-11(5-8-12)6-9-14(21)18-10-2-1-3-13(17)15(19)20/h4-5,7-8,13H,1-3,6,9-10,17H2,(H,18,21)(H,19,20)/t13-/m0/s1. The normalized spacial score (nSPS) is 11.9. The van der Waals surface area contributed by atoms with E-state index < -0.39 is 12.0 Å². The van der Waals surface area contributed by atoms with Gasteiger partial charge in [-0.25, -0.2) is 0 Å². The molecular weight excluding hydrogens is 399 g/mol. The van der Waals surface area contributed by atoms with Crippen molar-refractivity contribution in [3.8, 4) is 0 Å². The highest BCUT2D eigenvalue weighted by atomic mass is 127. The molecule has 0 radical (unpaired) electrons. The maximum absolute atomic E-state index is 10.6. The quantitative estimate of drug-likeness (QED) is 0.326. The lowest BCUT2D eigenvalue weighted by molar-refractivity contribution is -0.138. The van der Waals surface area contributed by atoms with Crippen molar-refractivity contribution >= 4 is 45.8 Å².